The molecule has 2 heterocycles. The van der Waals surface area contributed by atoms with E-state index >= 15 is 0 Å². The normalized spacial score (nSPS) is 12.1. The molecule has 0 atom stereocenters. The van der Waals surface area contributed by atoms with Crippen LogP contribution in [0.1, 0.15) is 27.2 Å². The Balaban J connectivity index is 2.04. The van der Waals surface area contributed by atoms with Gasteiger partial charge in [-0.25, -0.2) is 9.67 Å². The third kappa shape index (κ3) is 5.07. The number of methoxy groups -OCH3 is 1. The van der Waals surface area contributed by atoms with E-state index in [1.165, 1.54) is 18.0 Å². The second-order valence-electron chi connectivity index (χ2n) is 7.86. The molecule has 0 radical (unpaired) electrons. The largest absolute Gasteiger partial charge is 0.479 e. The molecule has 0 amide bonds. The highest BCUT2D eigenvalue weighted by Gasteiger charge is 2.36. The third-order valence-corrected chi connectivity index (χ3v) is 9.38. The maximum absolute atomic E-state index is 11.4. The minimum Gasteiger partial charge on any atom is -0.479 e. The van der Waals surface area contributed by atoms with Crippen molar-refractivity contribution >= 4 is 14.0 Å². The predicted molar refractivity (Wildman–Crippen MR) is 108 cm³/mol. The number of hydrogen-bond acceptors (Lipinski definition) is 7. The van der Waals surface area contributed by atoms with E-state index in [2.05, 4.69) is 43.9 Å². The number of aromatic nitrogens is 3. The molecule has 0 aliphatic carbocycles. The number of ether oxygens (including phenoxy) is 2. The molecule has 0 bridgehead atoms. The van der Waals surface area contributed by atoms with Gasteiger partial charge in [-0.2, -0.15) is 0 Å². The van der Waals surface area contributed by atoms with Gasteiger partial charge >= 0.3 is 11.6 Å². The van der Waals surface area contributed by atoms with Crippen LogP contribution >= 0.6 is 0 Å². The van der Waals surface area contributed by atoms with Crippen molar-refractivity contribution in [2.24, 2.45) is 0 Å². The molecule has 0 saturated heterocycles. The first-order chi connectivity index (χ1) is 13.1. The molecule has 9 nitrogen and oxygen atoms in total. The molecule has 28 heavy (non-hydrogen) atoms. The van der Waals surface area contributed by atoms with Crippen LogP contribution in [0.4, 0.5) is 5.69 Å². The molecule has 0 saturated carbocycles. The van der Waals surface area contributed by atoms with Crippen molar-refractivity contribution < 1.29 is 18.8 Å². The van der Waals surface area contributed by atoms with E-state index in [0.29, 0.717) is 24.6 Å². The van der Waals surface area contributed by atoms with Crippen LogP contribution in [0.5, 0.6) is 11.8 Å². The third-order valence-electron chi connectivity index (χ3n) is 4.85. The monoisotopic (exact) mass is 408 g/mol. The van der Waals surface area contributed by atoms with Crippen LogP contribution in [0.15, 0.2) is 24.5 Å². The minimum atomic E-state index is -1.82. The highest BCUT2D eigenvalue weighted by atomic mass is 28.4. The smallest absolute Gasteiger partial charge is 0.350 e. The highest BCUT2D eigenvalue weighted by Crippen LogP contribution is 2.36. The molecule has 2 rings (SSSR count). The molecule has 154 valence electrons. The zero-order valence-corrected chi connectivity index (χ0v) is 18.3. The maximum Gasteiger partial charge on any atom is 0.350 e. The van der Waals surface area contributed by atoms with Gasteiger partial charge in [0.15, 0.2) is 8.32 Å². The Morgan fingerprint density at radius 2 is 1.96 bits per heavy atom. The Morgan fingerprint density at radius 1 is 1.25 bits per heavy atom. The lowest BCUT2D eigenvalue weighted by Gasteiger charge is -2.36. The summed E-state index contributed by atoms with van der Waals surface area (Å²) in [6.07, 6.45) is 3.48. The summed E-state index contributed by atoms with van der Waals surface area (Å²) < 4.78 is 18.2. The summed E-state index contributed by atoms with van der Waals surface area (Å²) in [6, 6.07) is 3.41. The second-order valence-corrected chi connectivity index (χ2v) is 12.7. The quantitative estimate of drug-likeness (QED) is 0.268. The first-order valence-corrected chi connectivity index (χ1v) is 12.0. The Morgan fingerprint density at radius 3 is 2.57 bits per heavy atom. The maximum atomic E-state index is 11.4. The van der Waals surface area contributed by atoms with E-state index in [1.807, 2.05) is 0 Å². The van der Waals surface area contributed by atoms with Crippen molar-refractivity contribution in [2.75, 3.05) is 20.3 Å². The second kappa shape index (κ2) is 8.70. The lowest BCUT2D eigenvalue weighted by atomic mass is 10.2. The standard InChI is InChI=1S/C18H28N4O5Si/c1-18(2,3)28(5,6)27-12-8-11-26-17-15(22(23)24)13-21(20-17)14-9-7-10-19-16(14)25-4/h7,9-10,13H,8,11-12H2,1-6H3. The van der Waals surface area contributed by atoms with E-state index < -0.39 is 13.2 Å². The van der Waals surface area contributed by atoms with E-state index in [-0.39, 0.29) is 23.2 Å². The van der Waals surface area contributed by atoms with E-state index in [9.17, 15) is 10.1 Å². The first kappa shape index (κ1) is 21.8. The summed E-state index contributed by atoms with van der Waals surface area (Å²) in [5, 5.41) is 15.7. The van der Waals surface area contributed by atoms with Gasteiger partial charge in [-0.1, -0.05) is 20.8 Å². The fourth-order valence-electron chi connectivity index (χ4n) is 2.19. The lowest BCUT2D eigenvalue weighted by Crippen LogP contribution is -2.41. The van der Waals surface area contributed by atoms with Gasteiger partial charge in [-0.05, 0) is 30.3 Å². The summed E-state index contributed by atoms with van der Waals surface area (Å²) in [5.41, 5.74) is 0.278. The van der Waals surface area contributed by atoms with E-state index in [0.717, 1.165) is 0 Å². The Hall–Kier alpha value is -2.46. The van der Waals surface area contributed by atoms with Crippen LogP contribution in [0, 0.1) is 10.1 Å². The molecule has 2 aromatic heterocycles. The molecular formula is C18H28N4O5Si. The molecule has 0 fully saturated rings. The summed E-state index contributed by atoms with van der Waals surface area (Å²) in [4.78, 5) is 14.9. The van der Waals surface area contributed by atoms with E-state index in [4.69, 9.17) is 13.9 Å². The zero-order valence-electron chi connectivity index (χ0n) is 17.3. The molecule has 0 unspecified atom stereocenters. The number of hydrogen-bond donors (Lipinski definition) is 0. The molecular weight excluding hydrogens is 380 g/mol. The van der Waals surface area contributed by atoms with Crippen LogP contribution in [0.3, 0.4) is 0 Å². The van der Waals surface area contributed by atoms with Gasteiger partial charge in [0, 0.05) is 19.2 Å². The fourth-order valence-corrected chi connectivity index (χ4v) is 3.27. The fraction of sp³-hybridized carbons (Fsp3) is 0.556. The van der Waals surface area contributed by atoms with Crippen LogP contribution in [0.25, 0.3) is 5.69 Å². The molecule has 2 aromatic rings. The number of nitro groups is 1. The lowest BCUT2D eigenvalue weighted by molar-refractivity contribution is -0.385. The van der Waals surface area contributed by atoms with Gasteiger partial charge in [0.2, 0.25) is 5.88 Å². The van der Waals surface area contributed by atoms with Crippen LogP contribution in [0.2, 0.25) is 18.1 Å². The van der Waals surface area contributed by atoms with Gasteiger partial charge in [-0.15, -0.1) is 5.10 Å². The van der Waals surface area contributed by atoms with Crippen LogP contribution in [-0.2, 0) is 4.43 Å². The average molecular weight is 409 g/mol. The predicted octanol–water partition coefficient (Wildman–Crippen LogP) is 3.97. The molecule has 10 heteroatoms. The molecule has 0 aliphatic heterocycles. The molecule has 0 aromatic carbocycles. The SMILES string of the molecule is COc1ncccc1-n1cc([N+](=O)[O-])c(OCCCO[Si](C)(C)C(C)(C)C)n1. The van der Waals surface area contributed by atoms with Crippen molar-refractivity contribution in [3.63, 3.8) is 0 Å². The van der Waals surface area contributed by atoms with Crippen molar-refractivity contribution in [2.45, 2.75) is 45.3 Å². The number of nitrogens with zero attached hydrogens (tertiary/aromatic N) is 4. The first-order valence-electron chi connectivity index (χ1n) is 9.07. The molecule has 0 spiro atoms. The highest BCUT2D eigenvalue weighted by molar-refractivity contribution is 6.74. The summed E-state index contributed by atoms with van der Waals surface area (Å²) >= 11 is 0. The van der Waals surface area contributed by atoms with Crippen molar-refractivity contribution in [1.29, 1.82) is 0 Å². The number of rotatable bonds is 9. The Bertz CT molecular complexity index is 817. The topological polar surface area (TPSA) is 102 Å². The summed E-state index contributed by atoms with van der Waals surface area (Å²) in [5.74, 6) is 0.275. The summed E-state index contributed by atoms with van der Waals surface area (Å²) in [7, 11) is -0.342. The minimum absolute atomic E-state index is 0.0387. The number of pyridine rings is 1. The van der Waals surface area contributed by atoms with E-state index in [1.54, 1.807) is 18.3 Å². The average Bonchev–Trinajstić information content (AvgIpc) is 3.04. The molecule has 0 aliphatic rings. The van der Waals surface area contributed by atoms with Gasteiger partial charge in [0.1, 0.15) is 11.9 Å². The van der Waals surface area contributed by atoms with Crippen molar-refractivity contribution in [3.05, 3.63) is 34.6 Å². The summed E-state index contributed by atoms with van der Waals surface area (Å²) in [6.45, 7) is 11.7. The Labute approximate surface area is 165 Å². The van der Waals surface area contributed by atoms with Gasteiger partial charge in [0.05, 0.1) is 18.6 Å². The Kier molecular flexibility index (Phi) is 6.78. The van der Waals surface area contributed by atoms with Gasteiger partial charge in [0.25, 0.3) is 0 Å². The van der Waals surface area contributed by atoms with Crippen molar-refractivity contribution in [1.82, 2.24) is 14.8 Å². The van der Waals surface area contributed by atoms with Crippen LogP contribution < -0.4 is 9.47 Å². The van der Waals surface area contributed by atoms with Crippen molar-refractivity contribution in [3.8, 4) is 17.4 Å². The van der Waals surface area contributed by atoms with Gasteiger partial charge < -0.3 is 13.9 Å². The van der Waals surface area contributed by atoms with Gasteiger partial charge in [-0.3, -0.25) is 10.1 Å². The zero-order chi connectivity index (χ0) is 20.9. The van der Waals surface area contributed by atoms with Crippen LogP contribution in [-0.4, -0.2) is 48.3 Å². The molecule has 0 N–H and O–H groups in total.